The van der Waals surface area contributed by atoms with E-state index in [1.165, 1.54) is 11.1 Å². The third-order valence-electron chi connectivity index (χ3n) is 3.98. The number of halogens is 1. The van der Waals surface area contributed by atoms with Gasteiger partial charge in [-0.3, -0.25) is 4.79 Å². The largest absolute Gasteiger partial charge is 0.350 e. The minimum atomic E-state index is 0.0468. The molecule has 0 fully saturated rings. The van der Waals surface area contributed by atoms with Gasteiger partial charge in [-0.2, -0.15) is 0 Å². The maximum absolute atomic E-state index is 12.0. The fourth-order valence-corrected chi connectivity index (χ4v) is 3.22. The summed E-state index contributed by atoms with van der Waals surface area (Å²) in [5.41, 5.74) is 5.30. The molecule has 0 spiro atoms. The zero-order valence-corrected chi connectivity index (χ0v) is 15.4. The van der Waals surface area contributed by atoms with Crippen LogP contribution in [0.4, 0.5) is 0 Å². The van der Waals surface area contributed by atoms with E-state index < -0.39 is 0 Å². The number of hydrogen-bond acceptors (Lipinski definition) is 2. The molecule has 24 heavy (non-hydrogen) atoms. The summed E-state index contributed by atoms with van der Waals surface area (Å²) in [6.07, 6.45) is 5.16. The Bertz CT molecular complexity index is 868. The highest BCUT2D eigenvalue weighted by molar-refractivity contribution is 9.10. The van der Waals surface area contributed by atoms with Crippen LogP contribution in [0.5, 0.6) is 0 Å². The van der Waals surface area contributed by atoms with E-state index >= 15 is 0 Å². The van der Waals surface area contributed by atoms with Crippen LogP contribution in [0.25, 0.3) is 5.65 Å². The van der Waals surface area contributed by atoms with Gasteiger partial charge < -0.3 is 9.72 Å². The molecule has 0 saturated heterocycles. The molecule has 0 aliphatic rings. The summed E-state index contributed by atoms with van der Waals surface area (Å²) in [7, 11) is 0. The van der Waals surface area contributed by atoms with Gasteiger partial charge >= 0.3 is 0 Å². The maximum atomic E-state index is 12.0. The molecule has 0 aliphatic heterocycles. The third-order valence-corrected chi connectivity index (χ3v) is 4.41. The third kappa shape index (κ3) is 4.03. The molecule has 5 heteroatoms. The molecule has 124 valence electrons. The average molecular weight is 386 g/mol. The van der Waals surface area contributed by atoms with E-state index in [2.05, 4.69) is 57.4 Å². The van der Waals surface area contributed by atoms with E-state index in [1.807, 2.05) is 29.8 Å². The van der Waals surface area contributed by atoms with Gasteiger partial charge in [-0.1, -0.05) is 29.8 Å². The van der Waals surface area contributed by atoms with Crippen LogP contribution in [0, 0.1) is 13.8 Å². The molecule has 3 rings (SSSR count). The Morgan fingerprint density at radius 1 is 1.21 bits per heavy atom. The van der Waals surface area contributed by atoms with Gasteiger partial charge in [-0.25, -0.2) is 4.98 Å². The summed E-state index contributed by atoms with van der Waals surface area (Å²) in [5, 5.41) is 2.95. The molecular weight excluding hydrogens is 366 g/mol. The van der Waals surface area contributed by atoms with E-state index in [-0.39, 0.29) is 5.91 Å². The topological polar surface area (TPSA) is 46.4 Å². The van der Waals surface area contributed by atoms with Crippen molar-refractivity contribution in [3.05, 3.63) is 69.6 Å². The molecule has 1 aromatic carbocycles. The summed E-state index contributed by atoms with van der Waals surface area (Å²) >= 11 is 3.48. The van der Waals surface area contributed by atoms with Crippen molar-refractivity contribution in [2.45, 2.75) is 33.2 Å². The maximum Gasteiger partial charge on any atom is 0.220 e. The summed E-state index contributed by atoms with van der Waals surface area (Å²) in [5.74, 6) is 0.0468. The molecular formula is C19H20BrN3O. The van der Waals surface area contributed by atoms with Crippen molar-refractivity contribution in [2.24, 2.45) is 0 Å². The smallest absolute Gasteiger partial charge is 0.220 e. The summed E-state index contributed by atoms with van der Waals surface area (Å²) in [4.78, 5) is 16.6. The number of imidazole rings is 1. The number of nitrogens with one attached hydrogen (secondary N) is 1. The van der Waals surface area contributed by atoms with Crippen molar-refractivity contribution >= 4 is 27.5 Å². The highest BCUT2D eigenvalue weighted by atomic mass is 79.9. The fourth-order valence-electron chi connectivity index (χ4n) is 2.65. The Hall–Kier alpha value is -2.14. The Kier molecular flexibility index (Phi) is 5.00. The number of aryl methyl sites for hydroxylation is 3. The van der Waals surface area contributed by atoms with Crippen molar-refractivity contribution in [3.63, 3.8) is 0 Å². The van der Waals surface area contributed by atoms with E-state index in [0.29, 0.717) is 13.0 Å². The number of pyridine rings is 1. The number of carbonyl (C=O) groups excluding carboxylic acids is 1. The second-order valence-electron chi connectivity index (χ2n) is 6.07. The van der Waals surface area contributed by atoms with Gasteiger partial charge in [0, 0.05) is 23.3 Å². The summed E-state index contributed by atoms with van der Waals surface area (Å²) in [6, 6.07) is 10.3. The summed E-state index contributed by atoms with van der Waals surface area (Å²) < 4.78 is 2.99. The zero-order valence-electron chi connectivity index (χ0n) is 13.8. The normalized spacial score (nSPS) is 11.0. The number of rotatable bonds is 5. The van der Waals surface area contributed by atoms with Gasteiger partial charge in [0.1, 0.15) is 5.65 Å². The van der Waals surface area contributed by atoms with Crippen LogP contribution in [0.2, 0.25) is 0 Å². The first-order chi connectivity index (χ1) is 11.5. The molecule has 0 aliphatic carbocycles. The number of fused-ring (bicyclic) bond motifs is 1. The molecule has 2 aromatic heterocycles. The van der Waals surface area contributed by atoms with Gasteiger partial charge in [0.25, 0.3) is 0 Å². The number of hydrogen-bond donors (Lipinski definition) is 1. The van der Waals surface area contributed by atoms with E-state index in [1.54, 1.807) is 0 Å². The van der Waals surface area contributed by atoms with Gasteiger partial charge in [0.2, 0.25) is 5.91 Å². The first-order valence-corrected chi connectivity index (χ1v) is 8.76. The van der Waals surface area contributed by atoms with Crippen LogP contribution in [0.15, 0.2) is 47.2 Å². The van der Waals surface area contributed by atoms with Gasteiger partial charge in [0.15, 0.2) is 0 Å². The molecule has 1 N–H and O–H groups in total. The SMILES string of the molecule is Cc1ccc(CCC(=O)NCc2cn3cc(Br)cc(C)c3n2)cc1. The van der Waals surface area contributed by atoms with Gasteiger partial charge in [-0.05, 0) is 53.4 Å². The van der Waals surface area contributed by atoms with Gasteiger partial charge in [-0.15, -0.1) is 0 Å². The quantitative estimate of drug-likeness (QED) is 0.722. The van der Waals surface area contributed by atoms with E-state index in [4.69, 9.17) is 0 Å². The molecule has 2 heterocycles. The Balaban J connectivity index is 1.56. The predicted molar refractivity (Wildman–Crippen MR) is 99.0 cm³/mol. The lowest BCUT2D eigenvalue weighted by atomic mass is 10.1. The monoisotopic (exact) mass is 385 g/mol. The van der Waals surface area contributed by atoms with Gasteiger partial charge in [0.05, 0.1) is 12.2 Å². The average Bonchev–Trinajstić information content (AvgIpc) is 2.95. The van der Waals surface area contributed by atoms with Crippen molar-refractivity contribution in [3.8, 4) is 0 Å². The zero-order chi connectivity index (χ0) is 17.1. The highest BCUT2D eigenvalue weighted by Gasteiger charge is 2.07. The van der Waals surface area contributed by atoms with Crippen LogP contribution in [0.3, 0.4) is 0 Å². The Morgan fingerprint density at radius 3 is 2.71 bits per heavy atom. The molecule has 0 atom stereocenters. The van der Waals surface area contributed by atoms with Crippen molar-refractivity contribution < 1.29 is 4.79 Å². The summed E-state index contributed by atoms with van der Waals surface area (Å²) in [6.45, 7) is 4.54. The lowest BCUT2D eigenvalue weighted by Gasteiger charge is -2.04. The molecule has 0 radical (unpaired) electrons. The molecule has 3 aromatic rings. The fraction of sp³-hybridized carbons (Fsp3) is 0.263. The van der Waals surface area contributed by atoms with Crippen molar-refractivity contribution in [1.82, 2.24) is 14.7 Å². The van der Waals surface area contributed by atoms with E-state index in [9.17, 15) is 4.79 Å². The second kappa shape index (κ2) is 7.18. The lowest BCUT2D eigenvalue weighted by Crippen LogP contribution is -2.23. The first kappa shape index (κ1) is 16.7. The van der Waals surface area contributed by atoms with E-state index in [0.717, 1.165) is 27.8 Å². The van der Waals surface area contributed by atoms with Crippen LogP contribution in [-0.4, -0.2) is 15.3 Å². The molecule has 4 nitrogen and oxygen atoms in total. The van der Waals surface area contributed by atoms with Crippen LogP contribution in [-0.2, 0) is 17.8 Å². The first-order valence-electron chi connectivity index (χ1n) is 7.97. The minimum absolute atomic E-state index is 0.0468. The number of carbonyl (C=O) groups is 1. The lowest BCUT2D eigenvalue weighted by molar-refractivity contribution is -0.121. The molecule has 1 amide bonds. The number of nitrogens with zero attached hydrogens (tertiary/aromatic N) is 2. The Morgan fingerprint density at radius 2 is 1.96 bits per heavy atom. The molecule has 0 bridgehead atoms. The second-order valence-corrected chi connectivity index (χ2v) is 6.98. The molecule has 0 unspecified atom stereocenters. The number of aromatic nitrogens is 2. The van der Waals surface area contributed by atoms with Crippen LogP contribution >= 0.6 is 15.9 Å². The predicted octanol–water partition coefficient (Wildman–Crippen LogP) is 3.96. The standard InChI is InChI=1S/C19H20BrN3O/c1-13-3-5-15(6-4-13)7-8-18(24)21-10-17-12-23-11-16(20)9-14(2)19(23)22-17/h3-6,9,11-12H,7-8,10H2,1-2H3,(H,21,24). The number of amides is 1. The minimum Gasteiger partial charge on any atom is -0.350 e. The van der Waals surface area contributed by atoms with Crippen LogP contribution < -0.4 is 5.32 Å². The van der Waals surface area contributed by atoms with Crippen LogP contribution in [0.1, 0.15) is 28.8 Å². The van der Waals surface area contributed by atoms with Crippen molar-refractivity contribution in [2.75, 3.05) is 0 Å². The Labute approximate surface area is 150 Å². The highest BCUT2D eigenvalue weighted by Crippen LogP contribution is 2.17. The molecule has 0 saturated carbocycles. The van der Waals surface area contributed by atoms with Crippen molar-refractivity contribution in [1.29, 1.82) is 0 Å². The number of benzene rings is 1.